The number of hydrogen-bond acceptors (Lipinski definition) is 5. The number of carbonyl (C=O) groups excluding carboxylic acids is 2. The van der Waals surface area contributed by atoms with E-state index in [9.17, 15) is 9.59 Å². The average Bonchev–Trinajstić information content (AvgIpc) is 3.17. The van der Waals surface area contributed by atoms with Crippen LogP contribution >= 0.6 is 0 Å². The van der Waals surface area contributed by atoms with Crippen LogP contribution in [-0.4, -0.2) is 50.2 Å². The average molecular weight is 764 g/mol. The minimum atomic E-state index is 0.0203. The molecular formula is C49H97NO4. The molecule has 5 heteroatoms. The van der Waals surface area contributed by atoms with E-state index in [4.69, 9.17) is 9.47 Å². The molecule has 322 valence electrons. The summed E-state index contributed by atoms with van der Waals surface area (Å²) >= 11 is 0. The van der Waals surface area contributed by atoms with E-state index in [-0.39, 0.29) is 11.9 Å². The molecule has 0 saturated heterocycles. The lowest BCUT2D eigenvalue weighted by atomic mass is 9.95. The molecule has 0 aromatic rings. The van der Waals surface area contributed by atoms with Crippen molar-refractivity contribution in [1.82, 2.24) is 4.90 Å². The van der Waals surface area contributed by atoms with Crippen LogP contribution in [0.3, 0.4) is 0 Å². The summed E-state index contributed by atoms with van der Waals surface area (Å²) in [6.45, 7) is 12.7. The Hall–Kier alpha value is -1.10. The lowest BCUT2D eigenvalue weighted by molar-refractivity contribution is -0.146. The zero-order valence-corrected chi connectivity index (χ0v) is 37.5. The number of carbonyl (C=O) groups is 2. The third-order valence-electron chi connectivity index (χ3n) is 11.7. The van der Waals surface area contributed by atoms with Crippen LogP contribution < -0.4 is 0 Å². The third kappa shape index (κ3) is 39.1. The first-order chi connectivity index (χ1) is 26.5. The van der Waals surface area contributed by atoms with Gasteiger partial charge in [0.2, 0.25) is 0 Å². The smallest absolute Gasteiger partial charge is 0.305 e. The summed E-state index contributed by atoms with van der Waals surface area (Å²) in [6.07, 6.45) is 44.0. The fraction of sp³-hybridized carbons (Fsp3) is 0.959. The van der Waals surface area contributed by atoms with Crippen molar-refractivity contribution in [3.63, 3.8) is 0 Å². The number of rotatable bonds is 44. The molecule has 0 bridgehead atoms. The summed E-state index contributed by atoms with van der Waals surface area (Å²) in [5, 5.41) is 0. The van der Waals surface area contributed by atoms with Crippen LogP contribution in [-0.2, 0) is 19.1 Å². The van der Waals surface area contributed by atoms with Gasteiger partial charge in [-0.25, -0.2) is 0 Å². The maximum Gasteiger partial charge on any atom is 0.305 e. The molecule has 2 atom stereocenters. The van der Waals surface area contributed by atoms with E-state index in [0.717, 1.165) is 38.8 Å². The summed E-state index contributed by atoms with van der Waals surface area (Å²) in [4.78, 5) is 27.4. The Labute approximate surface area is 339 Å². The second-order valence-corrected chi connectivity index (χ2v) is 17.2. The second-order valence-electron chi connectivity index (χ2n) is 17.2. The highest BCUT2D eigenvalue weighted by Gasteiger charge is 2.14. The maximum atomic E-state index is 12.5. The first-order valence-electron chi connectivity index (χ1n) is 24.5. The highest BCUT2D eigenvalue weighted by atomic mass is 16.5. The van der Waals surface area contributed by atoms with Crippen LogP contribution in [0.4, 0.5) is 0 Å². The Morgan fingerprint density at radius 3 is 0.963 bits per heavy atom. The Morgan fingerprint density at radius 2 is 0.630 bits per heavy atom. The summed E-state index contributed by atoms with van der Waals surface area (Å²) in [5.41, 5.74) is 0. The molecule has 0 spiro atoms. The Balaban J connectivity index is 3.88. The van der Waals surface area contributed by atoms with Gasteiger partial charge >= 0.3 is 11.9 Å². The van der Waals surface area contributed by atoms with Gasteiger partial charge in [0, 0.05) is 12.8 Å². The predicted molar refractivity (Wildman–Crippen MR) is 235 cm³/mol. The lowest BCUT2D eigenvalue weighted by Gasteiger charge is -2.17. The van der Waals surface area contributed by atoms with Gasteiger partial charge in [-0.1, -0.05) is 195 Å². The Bertz CT molecular complexity index is 711. The van der Waals surface area contributed by atoms with E-state index in [2.05, 4.69) is 39.6 Å². The molecule has 0 rings (SSSR count). The number of ether oxygens (including phenoxy) is 2. The fourth-order valence-electron chi connectivity index (χ4n) is 7.81. The van der Waals surface area contributed by atoms with Gasteiger partial charge in [0.05, 0.1) is 13.2 Å². The minimum absolute atomic E-state index is 0.0203. The fourth-order valence-corrected chi connectivity index (χ4v) is 7.81. The quantitative estimate of drug-likeness (QED) is 0.0457. The molecule has 0 aliphatic rings. The predicted octanol–water partition coefficient (Wildman–Crippen LogP) is 15.4. The van der Waals surface area contributed by atoms with Gasteiger partial charge in [-0.05, 0) is 83.3 Å². The zero-order chi connectivity index (χ0) is 39.6. The summed E-state index contributed by atoms with van der Waals surface area (Å²) < 4.78 is 11.6. The SMILES string of the molecule is CCCCCCCCC(CCCCCC)COC(=O)CCCCCCCN(C)CCCCCCCC(=O)OCC(CCCCCC)CCCCCCCC. The molecule has 2 unspecified atom stereocenters. The number of esters is 2. The van der Waals surface area contributed by atoms with Gasteiger partial charge in [-0.15, -0.1) is 0 Å². The van der Waals surface area contributed by atoms with Crippen molar-refractivity contribution >= 4 is 11.9 Å². The van der Waals surface area contributed by atoms with Gasteiger partial charge in [-0.3, -0.25) is 9.59 Å². The van der Waals surface area contributed by atoms with Crippen LogP contribution in [0.5, 0.6) is 0 Å². The molecule has 0 aromatic heterocycles. The molecule has 0 aliphatic carbocycles. The Morgan fingerprint density at radius 1 is 0.370 bits per heavy atom. The van der Waals surface area contributed by atoms with Crippen LogP contribution in [0.1, 0.15) is 259 Å². The van der Waals surface area contributed by atoms with Gasteiger partial charge in [0.15, 0.2) is 0 Å². The second kappa shape index (κ2) is 43.0. The van der Waals surface area contributed by atoms with Crippen LogP contribution in [0, 0.1) is 11.8 Å². The molecule has 0 heterocycles. The van der Waals surface area contributed by atoms with Gasteiger partial charge < -0.3 is 14.4 Å². The third-order valence-corrected chi connectivity index (χ3v) is 11.7. The van der Waals surface area contributed by atoms with E-state index in [1.54, 1.807) is 0 Å². The normalized spacial score (nSPS) is 12.7. The topological polar surface area (TPSA) is 55.8 Å². The van der Waals surface area contributed by atoms with E-state index < -0.39 is 0 Å². The number of nitrogens with zero attached hydrogens (tertiary/aromatic N) is 1. The summed E-state index contributed by atoms with van der Waals surface area (Å²) in [5.74, 6) is 1.15. The monoisotopic (exact) mass is 764 g/mol. The van der Waals surface area contributed by atoms with E-state index >= 15 is 0 Å². The largest absolute Gasteiger partial charge is 0.465 e. The van der Waals surface area contributed by atoms with E-state index in [1.807, 2.05) is 0 Å². The van der Waals surface area contributed by atoms with Gasteiger partial charge in [0.25, 0.3) is 0 Å². The van der Waals surface area contributed by atoms with Crippen molar-refractivity contribution in [2.24, 2.45) is 11.8 Å². The van der Waals surface area contributed by atoms with Crippen molar-refractivity contribution in [1.29, 1.82) is 0 Å². The number of hydrogen-bond donors (Lipinski definition) is 0. The van der Waals surface area contributed by atoms with Crippen LogP contribution in [0.15, 0.2) is 0 Å². The van der Waals surface area contributed by atoms with Crippen molar-refractivity contribution in [2.75, 3.05) is 33.4 Å². The van der Waals surface area contributed by atoms with Gasteiger partial charge in [-0.2, -0.15) is 0 Å². The lowest BCUT2D eigenvalue weighted by Crippen LogP contribution is -2.20. The molecule has 0 N–H and O–H groups in total. The number of unbranched alkanes of at least 4 members (excludes halogenated alkanes) is 24. The first kappa shape index (κ1) is 52.9. The molecule has 5 nitrogen and oxygen atoms in total. The molecular weight excluding hydrogens is 667 g/mol. The van der Waals surface area contributed by atoms with Gasteiger partial charge in [0.1, 0.15) is 0 Å². The van der Waals surface area contributed by atoms with Crippen LogP contribution in [0.25, 0.3) is 0 Å². The van der Waals surface area contributed by atoms with Crippen molar-refractivity contribution in [3.8, 4) is 0 Å². The van der Waals surface area contributed by atoms with Crippen molar-refractivity contribution in [2.45, 2.75) is 259 Å². The summed E-state index contributed by atoms with van der Waals surface area (Å²) in [7, 11) is 2.25. The van der Waals surface area contributed by atoms with Crippen molar-refractivity contribution < 1.29 is 19.1 Å². The minimum Gasteiger partial charge on any atom is -0.465 e. The van der Waals surface area contributed by atoms with Crippen LogP contribution in [0.2, 0.25) is 0 Å². The zero-order valence-electron chi connectivity index (χ0n) is 37.5. The highest BCUT2D eigenvalue weighted by molar-refractivity contribution is 5.69. The highest BCUT2D eigenvalue weighted by Crippen LogP contribution is 2.21. The molecule has 0 fully saturated rings. The van der Waals surface area contributed by atoms with E-state index in [0.29, 0.717) is 37.9 Å². The molecule has 0 radical (unpaired) electrons. The first-order valence-corrected chi connectivity index (χ1v) is 24.5. The van der Waals surface area contributed by atoms with E-state index in [1.165, 1.54) is 193 Å². The standard InChI is InChI=1S/C49H97NO4/c1-6-10-14-18-22-30-38-46(36-28-16-12-8-3)44-53-48(51)40-32-24-20-26-34-42-50(5)43-35-27-21-25-33-41-49(52)54-45-47(37-29-17-13-9-4)39-31-23-19-15-11-7-2/h46-47H,6-45H2,1-5H3. The molecule has 0 aromatic carbocycles. The molecule has 0 amide bonds. The molecule has 0 aliphatic heterocycles. The molecule has 54 heavy (non-hydrogen) atoms. The van der Waals surface area contributed by atoms with Crippen molar-refractivity contribution in [3.05, 3.63) is 0 Å². The molecule has 0 saturated carbocycles. The Kier molecular flexibility index (Phi) is 42.2. The summed E-state index contributed by atoms with van der Waals surface area (Å²) in [6, 6.07) is 0. The maximum absolute atomic E-state index is 12.5.